The van der Waals surface area contributed by atoms with Crippen LogP contribution in [0.5, 0.6) is 11.6 Å². The van der Waals surface area contributed by atoms with E-state index < -0.39 is 0 Å². The maximum absolute atomic E-state index is 13.0. The Balaban J connectivity index is 2.06. The monoisotopic (exact) mass is 260 g/mol. The molecule has 0 spiro atoms. The number of aromatic nitrogens is 1. The van der Waals surface area contributed by atoms with Gasteiger partial charge in [-0.15, -0.1) is 0 Å². The second-order valence-corrected chi connectivity index (χ2v) is 4.60. The van der Waals surface area contributed by atoms with E-state index in [1.165, 1.54) is 12.1 Å². The molecule has 1 aromatic heterocycles. The lowest BCUT2D eigenvalue weighted by molar-refractivity contribution is 0.456. The zero-order valence-corrected chi connectivity index (χ0v) is 11.1. The molecule has 0 aliphatic carbocycles. The van der Waals surface area contributed by atoms with E-state index in [0.717, 1.165) is 12.1 Å². The largest absolute Gasteiger partial charge is 0.439 e. The topological polar surface area (TPSA) is 34.2 Å². The van der Waals surface area contributed by atoms with Crippen LogP contribution in [0.4, 0.5) is 4.39 Å². The van der Waals surface area contributed by atoms with E-state index >= 15 is 0 Å². The molecule has 0 aliphatic rings. The van der Waals surface area contributed by atoms with Crippen molar-refractivity contribution in [3.8, 4) is 11.6 Å². The number of ether oxygens (including phenoxy) is 1. The van der Waals surface area contributed by atoms with Crippen LogP contribution in [0.3, 0.4) is 0 Å². The van der Waals surface area contributed by atoms with Gasteiger partial charge >= 0.3 is 0 Å². The van der Waals surface area contributed by atoms with Gasteiger partial charge in [-0.1, -0.05) is 19.9 Å². The highest BCUT2D eigenvalue weighted by Gasteiger charge is 2.02. The lowest BCUT2D eigenvalue weighted by Gasteiger charge is -2.09. The van der Waals surface area contributed by atoms with Gasteiger partial charge in [0.1, 0.15) is 11.6 Å². The Labute approximate surface area is 112 Å². The summed E-state index contributed by atoms with van der Waals surface area (Å²) in [4.78, 5) is 4.12. The SMILES string of the molecule is CC(C)NCc1ccnc(Oc2cccc(F)c2)c1. The molecule has 100 valence electrons. The highest BCUT2D eigenvalue weighted by atomic mass is 19.1. The summed E-state index contributed by atoms with van der Waals surface area (Å²) < 4.78 is 18.6. The number of nitrogens with one attached hydrogen (secondary N) is 1. The Hall–Kier alpha value is -1.94. The number of pyridine rings is 1. The number of rotatable bonds is 5. The van der Waals surface area contributed by atoms with Gasteiger partial charge in [-0.05, 0) is 23.8 Å². The molecule has 19 heavy (non-hydrogen) atoms. The van der Waals surface area contributed by atoms with Crippen molar-refractivity contribution >= 4 is 0 Å². The molecule has 0 bridgehead atoms. The van der Waals surface area contributed by atoms with E-state index in [-0.39, 0.29) is 5.82 Å². The average Bonchev–Trinajstić information content (AvgIpc) is 2.37. The van der Waals surface area contributed by atoms with E-state index in [9.17, 15) is 4.39 Å². The predicted octanol–water partition coefficient (Wildman–Crippen LogP) is 3.51. The van der Waals surface area contributed by atoms with Gasteiger partial charge in [0.15, 0.2) is 0 Å². The lowest BCUT2D eigenvalue weighted by Crippen LogP contribution is -2.21. The van der Waals surface area contributed by atoms with Crippen molar-refractivity contribution in [3.63, 3.8) is 0 Å². The van der Waals surface area contributed by atoms with Gasteiger partial charge in [0, 0.05) is 30.9 Å². The summed E-state index contributed by atoms with van der Waals surface area (Å²) in [6, 6.07) is 10.2. The first-order valence-electron chi connectivity index (χ1n) is 6.25. The molecule has 1 N–H and O–H groups in total. The third kappa shape index (κ3) is 4.34. The molecular formula is C15H17FN2O. The highest BCUT2D eigenvalue weighted by molar-refractivity contribution is 5.29. The maximum atomic E-state index is 13.0. The zero-order chi connectivity index (χ0) is 13.7. The van der Waals surface area contributed by atoms with E-state index in [1.807, 2.05) is 12.1 Å². The number of halogens is 1. The first kappa shape index (κ1) is 13.5. The first-order chi connectivity index (χ1) is 9.13. The van der Waals surface area contributed by atoms with E-state index in [1.54, 1.807) is 18.3 Å². The molecule has 0 atom stereocenters. The van der Waals surface area contributed by atoms with Crippen molar-refractivity contribution in [1.29, 1.82) is 0 Å². The molecule has 0 amide bonds. The number of benzene rings is 1. The molecule has 0 radical (unpaired) electrons. The molecule has 1 heterocycles. The highest BCUT2D eigenvalue weighted by Crippen LogP contribution is 2.20. The number of hydrogen-bond acceptors (Lipinski definition) is 3. The minimum Gasteiger partial charge on any atom is -0.439 e. The van der Waals surface area contributed by atoms with Crippen LogP contribution in [0, 0.1) is 5.82 Å². The minimum absolute atomic E-state index is 0.324. The van der Waals surface area contributed by atoms with Crippen molar-refractivity contribution in [3.05, 3.63) is 54.0 Å². The summed E-state index contributed by atoms with van der Waals surface area (Å²) in [7, 11) is 0. The minimum atomic E-state index is -0.324. The molecule has 4 heteroatoms. The molecule has 2 rings (SSSR count). The Morgan fingerprint density at radius 1 is 1.26 bits per heavy atom. The third-order valence-corrected chi connectivity index (χ3v) is 2.53. The van der Waals surface area contributed by atoms with Gasteiger partial charge in [-0.25, -0.2) is 9.37 Å². The fourth-order valence-electron chi connectivity index (χ4n) is 1.59. The average molecular weight is 260 g/mol. The van der Waals surface area contributed by atoms with Crippen molar-refractivity contribution in [1.82, 2.24) is 10.3 Å². The van der Waals surface area contributed by atoms with Crippen LogP contribution >= 0.6 is 0 Å². The van der Waals surface area contributed by atoms with Crippen molar-refractivity contribution in [2.75, 3.05) is 0 Å². The van der Waals surface area contributed by atoms with E-state index in [0.29, 0.717) is 17.7 Å². The summed E-state index contributed by atoms with van der Waals surface area (Å²) in [6.45, 7) is 4.93. The quantitative estimate of drug-likeness (QED) is 0.893. The normalized spacial score (nSPS) is 10.7. The van der Waals surface area contributed by atoms with Crippen LogP contribution in [-0.4, -0.2) is 11.0 Å². The van der Waals surface area contributed by atoms with Crippen LogP contribution in [-0.2, 0) is 6.54 Å². The number of nitrogens with zero attached hydrogens (tertiary/aromatic N) is 1. The van der Waals surface area contributed by atoms with Gasteiger partial charge in [-0.2, -0.15) is 0 Å². The summed E-state index contributed by atoms with van der Waals surface area (Å²) in [6.07, 6.45) is 1.69. The molecule has 1 aromatic carbocycles. The summed E-state index contributed by atoms with van der Waals surface area (Å²) >= 11 is 0. The fraction of sp³-hybridized carbons (Fsp3) is 0.267. The second kappa shape index (κ2) is 6.29. The third-order valence-electron chi connectivity index (χ3n) is 2.53. The van der Waals surface area contributed by atoms with Crippen LogP contribution in [0.1, 0.15) is 19.4 Å². The van der Waals surface area contributed by atoms with Gasteiger partial charge in [0.25, 0.3) is 0 Å². The van der Waals surface area contributed by atoms with E-state index in [2.05, 4.69) is 24.1 Å². The van der Waals surface area contributed by atoms with Crippen molar-refractivity contribution in [2.45, 2.75) is 26.4 Å². The molecular weight excluding hydrogens is 243 g/mol. The molecule has 2 aromatic rings. The Bertz CT molecular complexity index is 543. The molecule has 0 aliphatic heterocycles. The Kier molecular flexibility index (Phi) is 4.47. The second-order valence-electron chi connectivity index (χ2n) is 4.60. The first-order valence-corrected chi connectivity index (χ1v) is 6.25. The molecule has 0 unspecified atom stereocenters. The molecule has 0 fully saturated rings. The maximum Gasteiger partial charge on any atom is 0.219 e. The predicted molar refractivity (Wildman–Crippen MR) is 72.7 cm³/mol. The fourth-order valence-corrected chi connectivity index (χ4v) is 1.59. The summed E-state index contributed by atoms with van der Waals surface area (Å²) in [5.41, 5.74) is 1.08. The van der Waals surface area contributed by atoms with Gasteiger partial charge in [0.05, 0.1) is 0 Å². The van der Waals surface area contributed by atoms with Crippen LogP contribution in [0.2, 0.25) is 0 Å². The van der Waals surface area contributed by atoms with Crippen LogP contribution in [0.25, 0.3) is 0 Å². The van der Waals surface area contributed by atoms with E-state index in [4.69, 9.17) is 4.74 Å². The van der Waals surface area contributed by atoms with Crippen LogP contribution in [0.15, 0.2) is 42.6 Å². The number of hydrogen-bond donors (Lipinski definition) is 1. The van der Waals surface area contributed by atoms with Crippen molar-refractivity contribution < 1.29 is 9.13 Å². The van der Waals surface area contributed by atoms with Crippen LogP contribution < -0.4 is 10.1 Å². The summed E-state index contributed by atoms with van der Waals surface area (Å²) in [5.74, 6) is 0.588. The molecule has 0 saturated heterocycles. The van der Waals surface area contributed by atoms with Gasteiger partial charge < -0.3 is 10.1 Å². The standard InChI is InChI=1S/C15H17FN2O/c1-11(2)18-10-12-6-7-17-15(8-12)19-14-5-3-4-13(16)9-14/h3-9,11,18H,10H2,1-2H3. The van der Waals surface area contributed by atoms with Gasteiger partial charge in [-0.3, -0.25) is 0 Å². The van der Waals surface area contributed by atoms with Crippen molar-refractivity contribution in [2.24, 2.45) is 0 Å². The molecule has 0 saturated carbocycles. The lowest BCUT2D eigenvalue weighted by atomic mass is 10.2. The smallest absolute Gasteiger partial charge is 0.219 e. The Morgan fingerprint density at radius 2 is 2.11 bits per heavy atom. The summed E-state index contributed by atoms with van der Waals surface area (Å²) in [5, 5.41) is 3.32. The Morgan fingerprint density at radius 3 is 2.84 bits per heavy atom. The molecule has 3 nitrogen and oxygen atoms in total. The van der Waals surface area contributed by atoms with Gasteiger partial charge in [0.2, 0.25) is 5.88 Å². The zero-order valence-electron chi connectivity index (χ0n) is 11.1.